The summed E-state index contributed by atoms with van der Waals surface area (Å²) in [6.07, 6.45) is 11.1. The van der Waals surface area contributed by atoms with Gasteiger partial charge in [-0.3, -0.25) is 0 Å². The number of hydrogen-bond donors (Lipinski definition) is 1. The minimum absolute atomic E-state index is 0.403. The van der Waals surface area contributed by atoms with Gasteiger partial charge in [-0.1, -0.05) is 23.3 Å². The minimum atomic E-state index is -0.480. The zero-order chi connectivity index (χ0) is 11.0. The van der Waals surface area contributed by atoms with E-state index in [0.29, 0.717) is 6.42 Å². The molecule has 0 aliphatic carbocycles. The van der Waals surface area contributed by atoms with Crippen molar-refractivity contribution in [1.82, 2.24) is 0 Å². The average molecular weight is 192 g/mol. The van der Waals surface area contributed by atoms with Crippen LogP contribution in [0.4, 0.5) is 0 Å². The van der Waals surface area contributed by atoms with Crippen molar-refractivity contribution >= 4 is 0 Å². The molecule has 0 spiro atoms. The van der Waals surface area contributed by atoms with Gasteiger partial charge in [0.1, 0.15) is 0 Å². The second-order valence-electron chi connectivity index (χ2n) is 3.81. The van der Waals surface area contributed by atoms with Crippen LogP contribution < -0.4 is 0 Å². The second-order valence-corrected chi connectivity index (χ2v) is 3.81. The summed E-state index contributed by atoms with van der Waals surface area (Å²) in [5.41, 5.74) is 2.53. The molecule has 0 heterocycles. The highest BCUT2D eigenvalue weighted by atomic mass is 16.3. The van der Waals surface area contributed by atoms with Crippen LogP contribution in [0.1, 0.15) is 40.0 Å². The van der Waals surface area contributed by atoms with Crippen molar-refractivity contribution in [3.05, 3.63) is 23.3 Å². The van der Waals surface area contributed by atoms with Gasteiger partial charge in [-0.2, -0.15) is 0 Å². The summed E-state index contributed by atoms with van der Waals surface area (Å²) in [5.74, 6) is 2.44. The molecule has 0 radical (unpaired) electrons. The van der Waals surface area contributed by atoms with Crippen molar-refractivity contribution in [2.75, 3.05) is 0 Å². The normalized spacial score (nSPS) is 13.2. The van der Waals surface area contributed by atoms with E-state index in [1.165, 1.54) is 11.1 Å². The lowest BCUT2D eigenvalue weighted by molar-refractivity contribution is 0.228. The fraction of sp³-hybridized carbons (Fsp3) is 0.538. The molecule has 14 heavy (non-hydrogen) atoms. The summed E-state index contributed by atoms with van der Waals surface area (Å²) < 4.78 is 0. The summed E-state index contributed by atoms with van der Waals surface area (Å²) >= 11 is 0. The third-order valence-corrected chi connectivity index (χ3v) is 1.90. The van der Waals surface area contributed by atoms with Gasteiger partial charge < -0.3 is 5.11 Å². The van der Waals surface area contributed by atoms with Gasteiger partial charge in [-0.25, -0.2) is 0 Å². The minimum Gasteiger partial charge on any atom is -0.388 e. The molecule has 0 rings (SSSR count). The van der Waals surface area contributed by atoms with Crippen LogP contribution in [0.5, 0.6) is 0 Å². The molecule has 0 amide bonds. The van der Waals surface area contributed by atoms with Crippen LogP contribution in [0.3, 0.4) is 0 Å². The average Bonchev–Trinajstić information content (AvgIpc) is 2.03. The van der Waals surface area contributed by atoms with E-state index in [9.17, 15) is 5.11 Å². The molecule has 1 atom stereocenters. The Bertz CT molecular complexity index is 249. The molecule has 0 aromatic heterocycles. The van der Waals surface area contributed by atoms with Gasteiger partial charge in [0.05, 0.1) is 6.10 Å². The quantitative estimate of drug-likeness (QED) is 0.524. The highest BCUT2D eigenvalue weighted by Gasteiger charge is 1.97. The van der Waals surface area contributed by atoms with Gasteiger partial charge in [0, 0.05) is 6.42 Å². The Kier molecular flexibility index (Phi) is 6.88. The van der Waals surface area contributed by atoms with Crippen LogP contribution >= 0.6 is 0 Å². The summed E-state index contributed by atoms with van der Waals surface area (Å²) in [6.45, 7) is 6.21. The number of aliphatic hydroxyl groups is 1. The zero-order valence-corrected chi connectivity index (χ0v) is 9.38. The highest BCUT2D eigenvalue weighted by Crippen LogP contribution is 2.08. The van der Waals surface area contributed by atoms with Crippen LogP contribution in [0, 0.1) is 12.3 Å². The molecule has 0 saturated carbocycles. The van der Waals surface area contributed by atoms with Crippen molar-refractivity contribution in [3.8, 4) is 12.3 Å². The van der Waals surface area contributed by atoms with E-state index in [2.05, 4.69) is 25.8 Å². The zero-order valence-electron chi connectivity index (χ0n) is 9.38. The molecule has 0 bridgehead atoms. The summed E-state index contributed by atoms with van der Waals surface area (Å²) in [4.78, 5) is 0. The monoisotopic (exact) mass is 192 g/mol. The lowest BCUT2D eigenvalue weighted by Crippen LogP contribution is -2.00. The van der Waals surface area contributed by atoms with Crippen molar-refractivity contribution in [2.45, 2.75) is 46.1 Å². The Labute approximate surface area is 87.5 Å². The van der Waals surface area contributed by atoms with Gasteiger partial charge in [-0.15, -0.1) is 12.3 Å². The lowest BCUT2D eigenvalue weighted by atomic mass is 10.1. The number of rotatable bonds is 5. The first-order valence-corrected chi connectivity index (χ1v) is 4.98. The topological polar surface area (TPSA) is 20.2 Å². The predicted octanol–water partition coefficient (Wildman–Crippen LogP) is 3.06. The molecule has 0 aliphatic heterocycles. The van der Waals surface area contributed by atoms with E-state index >= 15 is 0 Å². The third kappa shape index (κ3) is 7.64. The molecule has 78 valence electrons. The van der Waals surface area contributed by atoms with E-state index in [0.717, 1.165) is 12.8 Å². The maximum atomic E-state index is 9.39. The Hall–Kier alpha value is -1.00. The van der Waals surface area contributed by atoms with Crippen molar-refractivity contribution in [2.24, 2.45) is 0 Å². The molecule has 0 aromatic carbocycles. The third-order valence-electron chi connectivity index (χ3n) is 1.90. The van der Waals surface area contributed by atoms with E-state index < -0.39 is 6.10 Å². The molecule has 0 aliphatic rings. The van der Waals surface area contributed by atoms with Crippen molar-refractivity contribution < 1.29 is 5.11 Å². The van der Waals surface area contributed by atoms with Crippen LogP contribution in [0.15, 0.2) is 23.3 Å². The van der Waals surface area contributed by atoms with Gasteiger partial charge in [-0.05, 0) is 33.6 Å². The standard InChI is InChI=1S/C13H20O/c1-5-7-13(14)10-12(4)9-6-8-11(2)3/h1,8,10,13-14H,6-7,9H2,2-4H3/b12-10+. The molecular formula is C13H20O. The van der Waals surface area contributed by atoms with Crippen LogP contribution in [0.25, 0.3) is 0 Å². The lowest BCUT2D eigenvalue weighted by Gasteiger charge is -2.03. The van der Waals surface area contributed by atoms with E-state index in [4.69, 9.17) is 6.42 Å². The Morgan fingerprint density at radius 3 is 2.57 bits per heavy atom. The Morgan fingerprint density at radius 2 is 2.07 bits per heavy atom. The van der Waals surface area contributed by atoms with Crippen molar-refractivity contribution in [1.29, 1.82) is 0 Å². The first-order valence-electron chi connectivity index (χ1n) is 4.98. The maximum absolute atomic E-state index is 9.39. The van der Waals surface area contributed by atoms with E-state index in [-0.39, 0.29) is 0 Å². The largest absolute Gasteiger partial charge is 0.388 e. The molecule has 0 aromatic rings. The first kappa shape index (κ1) is 13.0. The van der Waals surface area contributed by atoms with Crippen LogP contribution in [-0.2, 0) is 0 Å². The van der Waals surface area contributed by atoms with Crippen LogP contribution in [-0.4, -0.2) is 11.2 Å². The fourth-order valence-electron chi connectivity index (χ4n) is 1.18. The van der Waals surface area contributed by atoms with Gasteiger partial charge in [0.15, 0.2) is 0 Å². The maximum Gasteiger partial charge on any atom is 0.0832 e. The number of aliphatic hydroxyl groups excluding tert-OH is 1. The molecule has 1 nitrogen and oxygen atoms in total. The number of hydrogen-bond acceptors (Lipinski definition) is 1. The predicted molar refractivity (Wildman–Crippen MR) is 61.9 cm³/mol. The highest BCUT2D eigenvalue weighted by molar-refractivity contribution is 5.06. The number of terminal acetylenes is 1. The summed E-state index contributed by atoms with van der Waals surface area (Å²) in [7, 11) is 0. The molecule has 0 saturated heterocycles. The molecule has 1 heteroatoms. The Balaban J connectivity index is 3.89. The van der Waals surface area contributed by atoms with Crippen LogP contribution in [0.2, 0.25) is 0 Å². The molecular weight excluding hydrogens is 172 g/mol. The summed E-state index contributed by atoms with van der Waals surface area (Å²) in [6, 6.07) is 0. The Morgan fingerprint density at radius 1 is 1.43 bits per heavy atom. The fourth-order valence-corrected chi connectivity index (χ4v) is 1.18. The summed E-state index contributed by atoms with van der Waals surface area (Å²) in [5, 5.41) is 9.39. The second kappa shape index (κ2) is 7.41. The smallest absolute Gasteiger partial charge is 0.0832 e. The first-order chi connectivity index (χ1) is 6.56. The van der Waals surface area contributed by atoms with E-state index in [1.807, 2.05) is 13.0 Å². The van der Waals surface area contributed by atoms with E-state index in [1.54, 1.807) is 0 Å². The van der Waals surface area contributed by atoms with Crippen molar-refractivity contribution in [3.63, 3.8) is 0 Å². The molecule has 0 fully saturated rings. The van der Waals surface area contributed by atoms with Gasteiger partial charge in [0.25, 0.3) is 0 Å². The molecule has 1 N–H and O–H groups in total. The van der Waals surface area contributed by atoms with Gasteiger partial charge in [0.2, 0.25) is 0 Å². The SMILES string of the molecule is C#CCC(O)/C=C(\C)CCC=C(C)C. The van der Waals surface area contributed by atoms with Gasteiger partial charge >= 0.3 is 0 Å². The molecule has 1 unspecified atom stereocenters. The number of allylic oxidation sites excluding steroid dienone is 3.